The second-order valence-corrected chi connectivity index (χ2v) is 6.90. The van der Waals surface area contributed by atoms with Crippen molar-refractivity contribution in [2.45, 2.75) is 45.4 Å². The number of carbonyl (C=O) groups excluding carboxylic acids is 2. The van der Waals surface area contributed by atoms with Crippen LogP contribution in [0.25, 0.3) is 0 Å². The van der Waals surface area contributed by atoms with Crippen molar-refractivity contribution in [1.82, 2.24) is 0 Å². The number of rotatable bonds is 1. The predicted octanol–water partition coefficient (Wildman–Crippen LogP) is 3.97. The fraction of sp³-hybridized carbons (Fsp3) is 0.500. The molecule has 1 aromatic rings. The Morgan fingerprint density at radius 1 is 1.15 bits per heavy atom. The van der Waals surface area contributed by atoms with Gasteiger partial charge < -0.3 is 0 Å². The van der Waals surface area contributed by atoms with E-state index in [-0.39, 0.29) is 11.8 Å². The van der Waals surface area contributed by atoms with E-state index < -0.39 is 5.41 Å². The van der Waals surface area contributed by atoms with Gasteiger partial charge in [-0.25, -0.2) is 4.90 Å². The van der Waals surface area contributed by atoms with Gasteiger partial charge in [0.15, 0.2) is 0 Å². The molecule has 1 spiro atoms. The molecule has 2 aliphatic rings. The van der Waals surface area contributed by atoms with Crippen molar-refractivity contribution >= 4 is 33.4 Å². The van der Waals surface area contributed by atoms with E-state index in [4.69, 9.17) is 0 Å². The van der Waals surface area contributed by atoms with E-state index in [2.05, 4.69) is 15.9 Å². The predicted molar refractivity (Wildman–Crippen MR) is 81.5 cm³/mol. The first kappa shape index (κ1) is 13.8. The van der Waals surface area contributed by atoms with E-state index >= 15 is 0 Å². The third-order valence-electron chi connectivity index (χ3n) is 4.62. The highest BCUT2D eigenvalue weighted by Crippen LogP contribution is 2.47. The number of hydrogen-bond donors (Lipinski definition) is 0. The van der Waals surface area contributed by atoms with Crippen LogP contribution in [0.1, 0.15) is 44.1 Å². The van der Waals surface area contributed by atoms with E-state index in [9.17, 15) is 9.59 Å². The second kappa shape index (κ2) is 4.99. The van der Waals surface area contributed by atoms with Crippen LogP contribution in [0.2, 0.25) is 0 Å². The van der Waals surface area contributed by atoms with Crippen molar-refractivity contribution < 1.29 is 9.59 Å². The highest BCUT2D eigenvalue weighted by atomic mass is 79.9. The Bertz CT molecular complexity index is 576. The van der Waals surface area contributed by atoms with Crippen LogP contribution in [0, 0.1) is 12.3 Å². The number of halogens is 1. The molecule has 0 N–H and O–H groups in total. The van der Waals surface area contributed by atoms with E-state index in [0.29, 0.717) is 6.42 Å². The number of carbonyl (C=O) groups is 2. The zero-order chi connectivity index (χ0) is 14.3. The summed E-state index contributed by atoms with van der Waals surface area (Å²) in [7, 11) is 0. The Labute approximate surface area is 127 Å². The molecular weight excluding hydrogens is 318 g/mol. The summed E-state index contributed by atoms with van der Waals surface area (Å²) >= 11 is 3.42. The molecule has 2 amide bonds. The molecule has 4 heteroatoms. The van der Waals surface area contributed by atoms with Crippen molar-refractivity contribution in [1.29, 1.82) is 0 Å². The number of nitrogens with zero attached hydrogens (tertiary/aromatic N) is 1. The molecule has 0 aromatic heterocycles. The van der Waals surface area contributed by atoms with Gasteiger partial charge in [-0.1, -0.05) is 41.3 Å². The lowest BCUT2D eigenvalue weighted by Gasteiger charge is -2.30. The van der Waals surface area contributed by atoms with Gasteiger partial charge in [0.1, 0.15) is 0 Å². The van der Waals surface area contributed by atoms with Crippen molar-refractivity contribution in [2.24, 2.45) is 5.41 Å². The van der Waals surface area contributed by atoms with Gasteiger partial charge in [-0.2, -0.15) is 0 Å². The molecule has 1 aliphatic heterocycles. The van der Waals surface area contributed by atoms with Crippen molar-refractivity contribution in [2.75, 3.05) is 4.90 Å². The molecule has 1 aliphatic carbocycles. The van der Waals surface area contributed by atoms with Gasteiger partial charge >= 0.3 is 0 Å². The van der Waals surface area contributed by atoms with Crippen LogP contribution in [0.4, 0.5) is 5.69 Å². The fourth-order valence-electron chi connectivity index (χ4n) is 3.48. The molecule has 1 saturated carbocycles. The quantitative estimate of drug-likeness (QED) is 0.728. The van der Waals surface area contributed by atoms with Crippen molar-refractivity contribution in [3.63, 3.8) is 0 Å². The molecule has 0 radical (unpaired) electrons. The molecule has 106 valence electrons. The summed E-state index contributed by atoms with van der Waals surface area (Å²) in [5, 5.41) is 0. The first-order chi connectivity index (χ1) is 9.53. The van der Waals surface area contributed by atoms with Crippen molar-refractivity contribution in [3.8, 4) is 0 Å². The first-order valence-corrected chi connectivity index (χ1v) is 7.96. The third-order valence-corrected chi connectivity index (χ3v) is 5.11. The summed E-state index contributed by atoms with van der Waals surface area (Å²) in [6, 6.07) is 5.74. The summed E-state index contributed by atoms with van der Waals surface area (Å²) in [5.41, 5.74) is 1.28. The Morgan fingerprint density at radius 2 is 1.85 bits per heavy atom. The molecule has 20 heavy (non-hydrogen) atoms. The standard InChI is InChI=1S/C16H18BrNO2/c1-11-5-6-12(17)9-13(11)18-14(19)10-16(15(18)20)7-3-2-4-8-16/h5-6,9H,2-4,7-8,10H2,1H3. The van der Waals surface area contributed by atoms with E-state index in [1.807, 2.05) is 25.1 Å². The Hall–Kier alpha value is -1.16. The molecule has 1 heterocycles. The Balaban J connectivity index is 2.00. The molecular formula is C16H18BrNO2. The highest BCUT2D eigenvalue weighted by Gasteiger charge is 2.52. The molecule has 1 aromatic carbocycles. The molecule has 0 unspecified atom stereocenters. The number of imide groups is 1. The van der Waals surface area contributed by atoms with Gasteiger partial charge in [-0.05, 0) is 37.5 Å². The van der Waals surface area contributed by atoms with Gasteiger partial charge in [0.2, 0.25) is 11.8 Å². The Morgan fingerprint density at radius 3 is 2.55 bits per heavy atom. The number of hydrogen-bond acceptors (Lipinski definition) is 2. The van der Waals surface area contributed by atoms with Crippen molar-refractivity contribution in [3.05, 3.63) is 28.2 Å². The summed E-state index contributed by atoms with van der Waals surface area (Å²) in [5.74, 6) is -0.0264. The molecule has 2 fully saturated rings. The number of amides is 2. The SMILES string of the molecule is Cc1ccc(Br)cc1N1C(=O)CC2(CCCCC2)C1=O. The van der Waals surface area contributed by atoms with Gasteiger partial charge in [-0.3, -0.25) is 9.59 Å². The van der Waals surface area contributed by atoms with E-state index in [1.165, 1.54) is 11.3 Å². The second-order valence-electron chi connectivity index (χ2n) is 5.98. The lowest BCUT2D eigenvalue weighted by molar-refractivity contribution is -0.127. The minimum Gasteiger partial charge on any atom is -0.274 e. The lowest BCUT2D eigenvalue weighted by Crippen LogP contribution is -2.37. The largest absolute Gasteiger partial charge is 0.274 e. The summed E-state index contributed by atoms with van der Waals surface area (Å²) in [6.07, 6.45) is 5.41. The molecule has 0 atom stereocenters. The van der Waals surface area contributed by atoms with Crippen LogP contribution in [0.5, 0.6) is 0 Å². The van der Waals surface area contributed by atoms with E-state index in [0.717, 1.165) is 41.4 Å². The zero-order valence-corrected chi connectivity index (χ0v) is 13.2. The fourth-order valence-corrected chi connectivity index (χ4v) is 3.83. The van der Waals surface area contributed by atoms with Crippen LogP contribution in [0.3, 0.4) is 0 Å². The third kappa shape index (κ3) is 2.10. The number of aryl methyl sites for hydroxylation is 1. The van der Waals surface area contributed by atoms with Gasteiger partial charge in [0, 0.05) is 10.9 Å². The highest BCUT2D eigenvalue weighted by molar-refractivity contribution is 9.10. The summed E-state index contributed by atoms with van der Waals surface area (Å²) in [4.78, 5) is 26.7. The average Bonchev–Trinajstić information content (AvgIpc) is 2.65. The molecule has 1 saturated heterocycles. The van der Waals surface area contributed by atoms with Crippen LogP contribution >= 0.6 is 15.9 Å². The molecule has 0 bridgehead atoms. The minimum atomic E-state index is -0.413. The maximum Gasteiger partial charge on any atom is 0.240 e. The number of anilines is 1. The van der Waals surface area contributed by atoms with Gasteiger partial charge in [0.05, 0.1) is 11.1 Å². The zero-order valence-electron chi connectivity index (χ0n) is 11.6. The monoisotopic (exact) mass is 335 g/mol. The summed E-state index contributed by atoms with van der Waals surface area (Å²) in [6.45, 7) is 1.94. The van der Waals surface area contributed by atoms with Crippen LogP contribution < -0.4 is 4.90 Å². The maximum absolute atomic E-state index is 12.8. The van der Waals surface area contributed by atoms with E-state index in [1.54, 1.807) is 0 Å². The topological polar surface area (TPSA) is 37.4 Å². The Kier molecular flexibility index (Phi) is 3.44. The first-order valence-electron chi connectivity index (χ1n) is 7.17. The normalized spacial score (nSPS) is 21.8. The van der Waals surface area contributed by atoms with Gasteiger partial charge in [0.25, 0.3) is 0 Å². The maximum atomic E-state index is 12.8. The molecule has 3 nitrogen and oxygen atoms in total. The summed E-state index contributed by atoms with van der Waals surface area (Å²) < 4.78 is 0.892. The van der Waals surface area contributed by atoms with Crippen LogP contribution in [-0.4, -0.2) is 11.8 Å². The molecule has 3 rings (SSSR count). The average molecular weight is 336 g/mol. The van der Waals surface area contributed by atoms with Crippen LogP contribution in [0.15, 0.2) is 22.7 Å². The smallest absolute Gasteiger partial charge is 0.240 e. The minimum absolute atomic E-state index is 0.0170. The number of benzene rings is 1. The van der Waals surface area contributed by atoms with Gasteiger partial charge in [-0.15, -0.1) is 0 Å². The van der Waals surface area contributed by atoms with Crippen LogP contribution in [-0.2, 0) is 9.59 Å². The lowest BCUT2D eigenvalue weighted by atomic mass is 9.73.